The molecular weight excluding hydrogens is 390 g/mol. The molecule has 0 bridgehead atoms. The van der Waals surface area contributed by atoms with Crippen LogP contribution in [0.5, 0.6) is 0 Å². The Labute approximate surface area is 173 Å². The summed E-state index contributed by atoms with van der Waals surface area (Å²) in [7, 11) is 0. The monoisotopic (exact) mass is 415 g/mol. The van der Waals surface area contributed by atoms with Crippen LogP contribution < -0.4 is 0 Å². The van der Waals surface area contributed by atoms with Crippen molar-refractivity contribution in [3.8, 4) is 0 Å². The summed E-state index contributed by atoms with van der Waals surface area (Å²) in [6, 6.07) is 0. The largest absolute Gasteiger partial charge is 0.465 e. The van der Waals surface area contributed by atoms with E-state index in [1.165, 1.54) is 46.8 Å². The molecule has 1 aliphatic carbocycles. The van der Waals surface area contributed by atoms with Crippen LogP contribution in [0.1, 0.15) is 50.4 Å². The van der Waals surface area contributed by atoms with E-state index < -0.39 is 0 Å². The number of carbonyl (C=O) groups excluding carboxylic acids is 1. The first-order valence-corrected chi connectivity index (χ1v) is 11.7. The number of aryl methyl sites for hydroxylation is 1. The Kier molecular flexibility index (Phi) is 5.83. The third kappa shape index (κ3) is 3.74. The zero-order valence-electron chi connectivity index (χ0n) is 16.6. The van der Waals surface area contributed by atoms with E-state index in [1.807, 2.05) is 6.92 Å². The lowest BCUT2D eigenvalue weighted by molar-refractivity contribution is -0.139. The summed E-state index contributed by atoms with van der Waals surface area (Å²) < 4.78 is 6.09. The maximum Gasteiger partial charge on any atom is 0.316 e. The highest BCUT2D eigenvalue weighted by atomic mass is 32.2. The molecule has 0 saturated heterocycles. The molecular formula is C21H25N3O2S2. The highest BCUT2D eigenvalue weighted by Gasteiger charge is 2.23. The van der Waals surface area contributed by atoms with Crippen LogP contribution in [0.2, 0.25) is 0 Å². The maximum absolute atomic E-state index is 11.8. The number of ether oxygens (including phenoxy) is 1. The van der Waals surface area contributed by atoms with Crippen LogP contribution in [0.15, 0.2) is 11.4 Å². The van der Waals surface area contributed by atoms with Gasteiger partial charge < -0.3 is 4.74 Å². The van der Waals surface area contributed by atoms with Gasteiger partial charge in [-0.05, 0) is 56.1 Å². The molecule has 0 atom stereocenters. The number of hydrogen-bond donors (Lipinski definition) is 0. The van der Waals surface area contributed by atoms with E-state index in [9.17, 15) is 4.79 Å². The lowest BCUT2D eigenvalue weighted by Gasteiger charge is -2.20. The molecule has 0 amide bonds. The lowest BCUT2D eigenvalue weighted by atomic mass is 9.87. The zero-order chi connectivity index (χ0) is 19.7. The molecule has 3 aromatic rings. The van der Waals surface area contributed by atoms with Gasteiger partial charge in [0, 0.05) is 11.1 Å². The summed E-state index contributed by atoms with van der Waals surface area (Å²) in [5.74, 6) is 0.633. The molecule has 0 radical (unpaired) electrons. The number of thioether (sulfide) groups is 1. The Morgan fingerprint density at radius 3 is 2.79 bits per heavy atom. The number of carbonyl (C=O) groups is 1. The molecule has 5 nitrogen and oxygen atoms in total. The zero-order valence-corrected chi connectivity index (χ0v) is 18.2. The maximum atomic E-state index is 11.8. The predicted molar refractivity (Wildman–Crippen MR) is 115 cm³/mol. The normalized spacial score (nSPS) is 14.0. The average molecular weight is 416 g/mol. The van der Waals surface area contributed by atoms with Gasteiger partial charge in [0.15, 0.2) is 0 Å². The number of rotatable bonds is 6. The topological polar surface area (TPSA) is 65.0 Å². The van der Waals surface area contributed by atoms with Crippen molar-refractivity contribution in [2.75, 3.05) is 12.4 Å². The van der Waals surface area contributed by atoms with E-state index in [0.29, 0.717) is 12.5 Å². The second-order valence-electron chi connectivity index (χ2n) is 7.55. The van der Waals surface area contributed by atoms with Crippen LogP contribution in [0.25, 0.3) is 20.4 Å². The highest BCUT2D eigenvalue weighted by Crippen LogP contribution is 2.41. The summed E-state index contributed by atoms with van der Waals surface area (Å²) >= 11 is 3.08. The molecule has 28 heavy (non-hydrogen) atoms. The van der Waals surface area contributed by atoms with E-state index in [1.54, 1.807) is 17.7 Å². The van der Waals surface area contributed by atoms with Crippen LogP contribution in [0.3, 0.4) is 0 Å². The molecule has 0 saturated carbocycles. The third-order valence-corrected chi connectivity index (χ3v) is 7.18. The van der Waals surface area contributed by atoms with Crippen LogP contribution in [0, 0.1) is 5.92 Å². The van der Waals surface area contributed by atoms with Crippen molar-refractivity contribution >= 4 is 49.5 Å². The molecule has 3 aromatic heterocycles. The molecule has 7 heteroatoms. The van der Waals surface area contributed by atoms with Gasteiger partial charge in [0.05, 0.1) is 22.6 Å². The SMILES string of the molecule is CCOC(=O)CSc1ncnc2c1sc1nc(CC(C)C)c3c(c12)CCCC3. The molecule has 0 fully saturated rings. The van der Waals surface area contributed by atoms with Crippen molar-refractivity contribution in [1.29, 1.82) is 0 Å². The van der Waals surface area contributed by atoms with Crippen molar-refractivity contribution in [3.63, 3.8) is 0 Å². The van der Waals surface area contributed by atoms with E-state index in [4.69, 9.17) is 9.72 Å². The average Bonchev–Trinajstić information content (AvgIpc) is 3.05. The fourth-order valence-electron chi connectivity index (χ4n) is 3.91. The van der Waals surface area contributed by atoms with Crippen LogP contribution in [0.4, 0.5) is 0 Å². The van der Waals surface area contributed by atoms with Gasteiger partial charge in [0.25, 0.3) is 0 Å². The van der Waals surface area contributed by atoms with Crippen molar-refractivity contribution in [1.82, 2.24) is 15.0 Å². The van der Waals surface area contributed by atoms with E-state index >= 15 is 0 Å². The molecule has 0 aromatic carbocycles. The molecule has 1 aliphatic rings. The molecule has 0 N–H and O–H groups in total. The summed E-state index contributed by atoms with van der Waals surface area (Å²) in [6.07, 6.45) is 7.30. The Hall–Kier alpha value is -1.73. The predicted octanol–water partition coefficient (Wildman–Crippen LogP) is 4.97. The summed E-state index contributed by atoms with van der Waals surface area (Å²) in [5.41, 5.74) is 5.14. The third-order valence-electron chi connectivity index (χ3n) is 5.01. The van der Waals surface area contributed by atoms with E-state index in [0.717, 1.165) is 39.3 Å². The Morgan fingerprint density at radius 2 is 2.04 bits per heavy atom. The first-order chi connectivity index (χ1) is 13.6. The van der Waals surface area contributed by atoms with Crippen molar-refractivity contribution in [3.05, 3.63) is 23.1 Å². The minimum atomic E-state index is -0.213. The van der Waals surface area contributed by atoms with E-state index in [-0.39, 0.29) is 11.7 Å². The first-order valence-electron chi connectivity index (χ1n) is 9.94. The number of pyridine rings is 1. The first kappa shape index (κ1) is 19.6. The van der Waals surface area contributed by atoms with Crippen LogP contribution in [-0.2, 0) is 28.8 Å². The van der Waals surface area contributed by atoms with Gasteiger partial charge >= 0.3 is 5.97 Å². The van der Waals surface area contributed by atoms with Crippen LogP contribution >= 0.6 is 23.1 Å². The minimum absolute atomic E-state index is 0.213. The molecule has 3 heterocycles. The number of aromatic nitrogens is 3. The number of esters is 1. The van der Waals surface area contributed by atoms with Gasteiger partial charge in [-0.25, -0.2) is 15.0 Å². The Balaban J connectivity index is 1.83. The summed E-state index contributed by atoms with van der Waals surface area (Å²) in [5, 5.41) is 2.05. The van der Waals surface area contributed by atoms with Crippen molar-refractivity contribution < 1.29 is 9.53 Å². The lowest BCUT2D eigenvalue weighted by Crippen LogP contribution is -2.11. The fourth-order valence-corrected chi connectivity index (χ4v) is 5.96. The van der Waals surface area contributed by atoms with Gasteiger partial charge in [0.1, 0.15) is 16.2 Å². The van der Waals surface area contributed by atoms with Crippen LogP contribution in [-0.4, -0.2) is 33.3 Å². The van der Waals surface area contributed by atoms with Crippen molar-refractivity contribution in [2.45, 2.75) is 57.9 Å². The van der Waals surface area contributed by atoms with Crippen molar-refractivity contribution in [2.24, 2.45) is 5.92 Å². The second kappa shape index (κ2) is 8.33. The quantitative estimate of drug-likeness (QED) is 0.322. The highest BCUT2D eigenvalue weighted by molar-refractivity contribution is 8.00. The van der Waals surface area contributed by atoms with Gasteiger partial charge in [-0.3, -0.25) is 4.79 Å². The van der Waals surface area contributed by atoms with Gasteiger partial charge in [0.2, 0.25) is 0 Å². The van der Waals surface area contributed by atoms with Gasteiger partial charge in [-0.15, -0.1) is 11.3 Å². The van der Waals surface area contributed by atoms with Gasteiger partial charge in [-0.1, -0.05) is 25.6 Å². The minimum Gasteiger partial charge on any atom is -0.465 e. The smallest absolute Gasteiger partial charge is 0.316 e. The van der Waals surface area contributed by atoms with Gasteiger partial charge in [-0.2, -0.15) is 0 Å². The molecule has 0 unspecified atom stereocenters. The number of fused-ring (bicyclic) bond motifs is 5. The fraction of sp³-hybridized carbons (Fsp3) is 0.524. The Bertz CT molecular complexity index is 1030. The number of thiophene rings is 1. The number of hydrogen-bond acceptors (Lipinski definition) is 7. The second-order valence-corrected chi connectivity index (χ2v) is 9.52. The molecule has 0 spiro atoms. The number of nitrogens with zero attached hydrogens (tertiary/aromatic N) is 3. The standard InChI is InChI=1S/C21H25N3O2S2/c1-4-26-16(25)10-27-21-19-18(22-11-23-21)17-14-8-6-5-7-13(14)15(9-12(2)3)24-20(17)28-19/h11-12H,4-10H2,1-3H3. The van der Waals surface area contributed by atoms with E-state index in [2.05, 4.69) is 23.8 Å². The molecule has 0 aliphatic heterocycles. The molecule has 148 valence electrons. The Morgan fingerprint density at radius 1 is 1.25 bits per heavy atom. The summed E-state index contributed by atoms with van der Waals surface area (Å²) in [4.78, 5) is 27.0. The molecule has 4 rings (SSSR count). The summed E-state index contributed by atoms with van der Waals surface area (Å²) in [6.45, 7) is 6.72.